The van der Waals surface area contributed by atoms with Crippen molar-refractivity contribution in [2.75, 3.05) is 12.0 Å². The van der Waals surface area contributed by atoms with Crippen LogP contribution in [0.2, 0.25) is 0 Å². The van der Waals surface area contributed by atoms with E-state index in [2.05, 4.69) is 15.9 Å². The van der Waals surface area contributed by atoms with Crippen molar-refractivity contribution in [1.82, 2.24) is 0 Å². The second-order valence-electron chi connectivity index (χ2n) is 13.6. The molecule has 1 heterocycles. The number of fused-ring (bicyclic) bond motifs is 4. The molecular weight excluding hydrogens is 728 g/mol. The van der Waals surface area contributed by atoms with Gasteiger partial charge in [0.25, 0.3) is 5.69 Å². The molecular formula is C41H31BrN2O8. The van der Waals surface area contributed by atoms with Crippen LogP contribution in [0.15, 0.2) is 119 Å². The Kier molecular flexibility index (Phi) is 8.06. The molecule has 0 aromatic heterocycles. The van der Waals surface area contributed by atoms with Gasteiger partial charge < -0.3 is 9.84 Å². The molecule has 4 aliphatic rings. The number of imide groups is 1. The lowest BCUT2D eigenvalue weighted by Crippen LogP contribution is -2.58. The number of methoxy groups -OCH3 is 1. The van der Waals surface area contributed by atoms with Crippen molar-refractivity contribution in [2.45, 2.75) is 24.2 Å². The average Bonchev–Trinajstić information content (AvgIpc) is 3.42. The van der Waals surface area contributed by atoms with E-state index in [1.807, 2.05) is 42.5 Å². The number of allylic oxidation sites excluding steroid dienone is 4. The molecule has 1 saturated carbocycles. The first kappa shape index (κ1) is 33.5. The van der Waals surface area contributed by atoms with Crippen LogP contribution in [0, 0.1) is 33.8 Å². The number of hydrogen-bond donors (Lipinski definition) is 1. The number of amides is 2. The summed E-state index contributed by atoms with van der Waals surface area (Å²) in [5, 5.41) is 22.2. The van der Waals surface area contributed by atoms with E-state index in [0.717, 1.165) is 10.5 Å². The molecule has 260 valence electrons. The Morgan fingerprint density at radius 3 is 2.23 bits per heavy atom. The van der Waals surface area contributed by atoms with E-state index in [9.17, 15) is 24.8 Å². The fourth-order valence-electron chi connectivity index (χ4n) is 9.14. The molecule has 4 aromatic rings. The summed E-state index contributed by atoms with van der Waals surface area (Å²) in [6.07, 6.45) is 3.73. The number of carbonyl (C=O) groups is 4. The van der Waals surface area contributed by atoms with Crippen LogP contribution in [0.5, 0.6) is 11.5 Å². The maximum Gasteiger partial charge on any atom is 0.269 e. The number of non-ortho nitro benzene ring substituents is 1. The third-order valence-corrected chi connectivity index (χ3v) is 11.9. The predicted octanol–water partition coefficient (Wildman–Crippen LogP) is 7.10. The first-order valence-electron chi connectivity index (χ1n) is 16.9. The zero-order chi connectivity index (χ0) is 36.5. The highest BCUT2D eigenvalue weighted by Crippen LogP contribution is 2.64. The van der Waals surface area contributed by atoms with Crippen molar-refractivity contribution in [3.05, 3.63) is 146 Å². The lowest BCUT2D eigenvalue weighted by Gasteiger charge is -2.55. The molecule has 1 N–H and O–H groups in total. The van der Waals surface area contributed by atoms with Crippen LogP contribution >= 0.6 is 15.9 Å². The smallest absolute Gasteiger partial charge is 0.269 e. The molecule has 2 amide bonds. The van der Waals surface area contributed by atoms with E-state index in [4.69, 9.17) is 4.74 Å². The third kappa shape index (κ3) is 4.82. The Morgan fingerprint density at radius 2 is 1.58 bits per heavy atom. The summed E-state index contributed by atoms with van der Waals surface area (Å²) in [7, 11) is 1.43. The van der Waals surface area contributed by atoms with E-state index in [-0.39, 0.29) is 52.9 Å². The monoisotopic (exact) mass is 758 g/mol. The normalized spacial score (nSPS) is 26.6. The Bertz CT molecular complexity index is 2250. The molecule has 0 bridgehead atoms. The molecule has 0 radical (unpaired) electrons. The number of phenols is 1. The highest BCUT2D eigenvalue weighted by atomic mass is 79.9. The van der Waals surface area contributed by atoms with Crippen molar-refractivity contribution in [1.29, 1.82) is 0 Å². The van der Waals surface area contributed by atoms with Crippen molar-refractivity contribution in [3.63, 3.8) is 0 Å². The van der Waals surface area contributed by atoms with Crippen molar-refractivity contribution < 1.29 is 33.9 Å². The van der Waals surface area contributed by atoms with E-state index >= 15 is 9.59 Å². The molecule has 2 fully saturated rings. The number of hydrogen-bond acceptors (Lipinski definition) is 8. The first-order valence-corrected chi connectivity index (χ1v) is 17.7. The van der Waals surface area contributed by atoms with Gasteiger partial charge in [0, 0.05) is 29.5 Å². The number of benzene rings is 4. The number of nitrogens with zero attached hydrogens (tertiary/aromatic N) is 2. The van der Waals surface area contributed by atoms with Crippen molar-refractivity contribution >= 4 is 56.3 Å². The topological polar surface area (TPSA) is 144 Å². The summed E-state index contributed by atoms with van der Waals surface area (Å²) in [5.74, 6) is -5.29. The number of Topliss-reactive ketones (excluding diaryl/α,β-unsaturated/α-hetero) is 1. The van der Waals surface area contributed by atoms with Crippen LogP contribution in [0.3, 0.4) is 0 Å². The van der Waals surface area contributed by atoms with Crippen LogP contribution in [-0.2, 0) is 24.6 Å². The number of ether oxygens (including phenoxy) is 1. The Labute approximate surface area is 306 Å². The minimum atomic E-state index is -1.45. The van der Waals surface area contributed by atoms with Crippen LogP contribution in [-0.4, -0.2) is 40.5 Å². The van der Waals surface area contributed by atoms with Crippen LogP contribution < -0.4 is 9.64 Å². The molecule has 4 aromatic carbocycles. The van der Waals surface area contributed by atoms with Crippen LogP contribution in [0.25, 0.3) is 5.57 Å². The number of carbonyl (C=O) groups excluding carboxylic acids is 4. The third-order valence-electron chi connectivity index (χ3n) is 11.3. The van der Waals surface area contributed by atoms with Crippen LogP contribution in [0.4, 0.5) is 11.4 Å². The van der Waals surface area contributed by atoms with Gasteiger partial charge in [-0.1, -0.05) is 72.3 Å². The van der Waals surface area contributed by atoms with Crippen LogP contribution in [0.1, 0.15) is 35.4 Å². The Balaban J connectivity index is 1.35. The maximum atomic E-state index is 15.2. The van der Waals surface area contributed by atoms with Gasteiger partial charge in [0.2, 0.25) is 11.8 Å². The van der Waals surface area contributed by atoms with Crippen molar-refractivity contribution in [2.24, 2.45) is 23.7 Å². The molecule has 11 heteroatoms. The second-order valence-corrected chi connectivity index (χ2v) is 14.5. The van der Waals surface area contributed by atoms with E-state index < -0.39 is 51.7 Å². The van der Waals surface area contributed by atoms with Gasteiger partial charge >= 0.3 is 0 Å². The number of nitro groups is 1. The van der Waals surface area contributed by atoms with Gasteiger partial charge in [-0.05, 0) is 81.7 Å². The van der Waals surface area contributed by atoms with Gasteiger partial charge in [-0.2, -0.15) is 0 Å². The highest BCUT2D eigenvalue weighted by molar-refractivity contribution is 9.10. The first-order chi connectivity index (χ1) is 25.1. The number of ketones is 2. The predicted molar refractivity (Wildman–Crippen MR) is 195 cm³/mol. The molecule has 8 rings (SSSR count). The van der Waals surface area contributed by atoms with Gasteiger partial charge in [-0.15, -0.1) is 0 Å². The number of nitro benzene ring substituents is 1. The minimum Gasteiger partial charge on any atom is -0.503 e. The summed E-state index contributed by atoms with van der Waals surface area (Å²) in [4.78, 5) is 70.7. The summed E-state index contributed by atoms with van der Waals surface area (Å²) >= 11 is 3.47. The molecule has 6 unspecified atom stereocenters. The lowest BCUT2D eigenvalue weighted by molar-refractivity contribution is -0.384. The number of phenolic OH excluding ortho intramolecular Hbond substituents is 1. The SMILES string of the molecule is COc1cc(C2C3=CCC4C(=O)N(c5ccc([N+](=O)[O-])cc5)C(=O)C4C3CC3C(=O)C(c4ccccc4)=CC(=O)C32c2ccccc2)cc(Br)c1O. The second kappa shape index (κ2) is 12.5. The zero-order valence-electron chi connectivity index (χ0n) is 27.8. The van der Waals surface area contributed by atoms with Gasteiger partial charge in [-0.3, -0.25) is 34.2 Å². The van der Waals surface area contributed by atoms with E-state index in [0.29, 0.717) is 21.2 Å². The molecule has 52 heavy (non-hydrogen) atoms. The van der Waals surface area contributed by atoms with Gasteiger partial charge in [-0.25, -0.2) is 0 Å². The number of aromatic hydroxyl groups is 1. The van der Waals surface area contributed by atoms with E-state index in [1.54, 1.807) is 36.4 Å². The van der Waals surface area contributed by atoms with Crippen molar-refractivity contribution in [3.8, 4) is 11.5 Å². The Morgan fingerprint density at radius 1 is 0.904 bits per heavy atom. The number of rotatable bonds is 6. The molecule has 0 spiro atoms. The minimum absolute atomic E-state index is 0.122. The van der Waals surface area contributed by atoms with Gasteiger partial charge in [0.15, 0.2) is 23.1 Å². The quantitative estimate of drug-likeness (QED) is 0.0950. The number of anilines is 1. The average molecular weight is 760 g/mol. The summed E-state index contributed by atoms with van der Waals surface area (Å²) in [6, 6.07) is 26.9. The lowest BCUT2D eigenvalue weighted by atomic mass is 9.44. The van der Waals surface area contributed by atoms with Gasteiger partial charge in [0.05, 0.1) is 39.4 Å². The van der Waals surface area contributed by atoms with E-state index in [1.165, 1.54) is 37.5 Å². The Hall–Kier alpha value is -5.68. The summed E-state index contributed by atoms with van der Waals surface area (Å²) < 4.78 is 5.89. The molecule has 3 aliphatic carbocycles. The molecule has 6 atom stereocenters. The maximum absolute atomic E-state index is 15.2. The fraction of sp³-hybridized carbons (Fsp3) is 0.220. The summed E-state index contributed by atoms with van der Waals surface area (Å²) in [5.41, 5.74) is 1.48. The number of halogens is 1. The molecule has 10 nitrogen and oxygen atoms in total. The standard InChI is InChI=1S/C41H31BrN2O8/c1-52-33-19-23(18-32(42)38(33)47)36-27-16-17-28-35(40(49)43(39(28)48)25-12-14-26(15-13-25)44(50)51)30(27)20-31-37(46)29(22-8-4-2-5-9-22)21-34(45)41(31,36)24-10-6-3-7-11-24/h2-16,18-19,21,28,30-31,35-36,47H,17,20H2,1H3. The van der Waals surface area contributed by atoms with Gasteiger partial charge in [0.1, 0.15) is 0 Å². The largest absolute Gasteiger partial charge is 0.503 e. The fourth-order valence-corrected chi connectivity index (χ4v) is 9.60. The summed E-state index contributed by atoms with van der Waals surface area (Å²) in [6.45, 7) is 0. The zero-order valence-corrected chi connectivity index (χ0v) is 29.4. The molecule has 1 aliphatic heterocycles. The molecule has 1 saturated heterocycles. The highest BCUT2D eigenvalue weighted by Gasteiger charge is 2.66.